The van der Waals surface area contributed by atoms with Gasteiger partial charge in [-0.15, -0.1) is 16.0 Å². The highest BCUT2D eigenvalue weighted by Crippen LogP contribution is 2.40. The van der Waals surface area contributed by atoms with Gasteiger partial charge in [-0.2, -0.15) is 10.2 Å². The number of ketones is 1. The predicted octanol–water partition coefficient (Wildman–Crippen LogP) is 9.62. The Hall–Kier alpha value is -7.95. The number of nitrogens with zero attached hydrogens (tertiary/aromatic N) is 4. The van der Waals surface area contributed by atoms with E-state index in [1.54, 1.807) is 97.1 Å². The Morgan fingerprint density at radius 1 is 0.814 bits per heavy atom. The quantitative estimate of drug-likeness (QED) is 0.0548. The van der Waals surface area contributed by atoms with E-state index in [-0.39, 0.29) is 43.7 Å². The van der Waals surface area contributed by atoms with Crippen LogP contribution in [0.5, 0.6) is 5.75 Å². The molecule has 3 aliphatic rings. The minimum atomic E-state index is -4.02. The van der Waals surface area contributed by atoms with Crippen LogP contribution < -0.4 is 10.6 Å². The van der Waals surface area contributed by atoms with Gasteiger partial charge in [-0.1, -0.05) is 48.5 Å². The van der Waals surface area contributed by atoms with Crippen LogP contribution in [0.4, 0.5) is 17.1 Å². The van der Waals surface area contributed by atoms with Gasteiger partial charge in [0.15, 0.2) is 23.3 Å². The Balaban J connectivity index is 0.955. The molecule has 0 bridgehead atoms. The fraction of sp³-hybridized carbons (Fsp3) is 0.0435. The van der Waals surface area contributed by atoms with E-state index in [0.29, 0.717) is 39.7 Å². The molecule has 0 saturated heterocycles. The maximum absolute atomic E-state index is 13.6. The Morgan fingerprint density at radius 3 is 2.20 bits per heavy atom. The van der Waals surface area contributed by atoms with Crippen LogP contribution in [0, 0.1) is 6.08 Å². The molecule has 1 unspecified atom stereocenters. The van der Waals surface area contributed by atoms with Crippen LogP contribution in [0.1, 0.15) is 33.9 Å². The number of benzene rings is 5. The number of aromatic hydroxyl groups is 1. The average Bonchev–Trinajstić information content (AvgIpc) is 3.26. The number of anilines is 2. The van der Waals surface area contributed by atoms with Gasteiger partial charge in [0.1, 0.15) is 17.8 Å². The van der Waals surface area contributed by atoms with E-state index in [0.717, 1.165) is 0 Å². The molecule has 0 spiro atoms. The number of amides is 2. The number of nitrogens with one attached hydrogen (secondary N) is 2. The highest BCUT2D eigenvalue weighted by atomic mass is 32.2. The van der Waals surface area contributed by atoms with Crippen LogP contribution in [0.15, 0.2) is 199 Å². The van der Waals surface area contributed by atoms with Crippen molar-refractivity contribution in [1.29, 1.82) is 0 Å². The predicted molar refractivity (Wildman–Crippen MR) is 222 cm³/mol. The first-order valence-corrected chi connectivity index (χ1v) is 19.7. The maximum Gasteiger partial charge on any atom is 0.259 e. The lowest BCUT2D eigenvalue weighted by Gasteiger charge is -2.20. The van der Waals surface area contributed by atoms with Crippen LogP contribution in [-0.4, -0.2) is 31.1 Å². The van der Waals surface area contributed by atoms with E-state index in [9.17, 15) is 27.9 Å². The summed E-state index contributed by atoms with van der Waals surface area (Å²) in [6.07, 6.45) is 17.0. The first kappa shape index (κ1) is 37.9. The molecule has 0 saturated carbocycles. The third-order valence-corrected chi connectivity index (χ3v) is 11.3. The van der Waals surface area contributed by atoms with E-state index in [2.05, 4.69) is 42.9 Å². The number of carbonyl (C=O) groups is 3. The van der Waals surface area contributed by atoms with Gasteiger partial charge in [-0.3, -0.25) is 14.4 Å². The van der Waals surface area contributed by atoms with Crippen molar-refractivity contribution in [2.45, 2.75) is 22.3 Å². The van der Waals surface area contributed by atoms with Gasteiger partial charge in [-0.25, -0.2) is 8.42 Å². The minimum Gasteiger partial charge on any atom is -0.505 e. The first-order chi connectivity index (χ1) is 28.7. The molecule has 3 aliphatic carbocycles. The average molecular weight is 796 g/mol. The van der Waals surface area contributed by atoms with E-state index in [1.165, 1.54) is 54.6 Å². The summed E-state index contributed by atoms with van der Waals surface area (Å²) in [6.45, 7) is 0. The van der Waals surface area contributed by atoms with Gasteiger partial charge in [-0.05, 0) is 95.4 Å². The summed E-state index contributed by atoms with van der Waals surface area (Å²) in [5, 5.41) is 34.9. The molecule has 0 aliphatic heterocycles. The molecule has 13 heteroatoms. The van der Waals surface area contributed by atoms with Crippen molar-refractivity contribution in [2.75, 3.05) is 10.6 Å². The van der Waals surface area contributed by atoms with E-state index in [4.69, 9.17) is 0 Å². The number of sulfone groups is 1. The molecule has 286 valence electrons. The second-order valence-corrected chi connectivity index (χ2v) is 15.3. The van der Waals surface area contributed by atoms with Gasteiger partial charge in [0.2, 0.25) is 9.84 Å². The molecule has 12 nitrogen and oxygen atoms in total. The van der Waals surface area contributed by atoms with Crippen LogP contribution in [0.25, 0.3) is 16.8 Å². The van der Waals surface area contributed by atoms with E-state index in [1.807, 2.05) is 0 Å². The number of azo groups is 2. The molecule has 0 aromatic heterocycles. The molecule has 2 amide bonds. The molecule has 3 N–H and O–H groups in total. The summed E-state index contributed by atoms with van der Waals surface area (Å²) in [5.41, 5.74) is 5.94. The zero-order valence-electron chi connectivity index (χ0n) is 30.9. The SMILES string of the molecule is O=C(Nc1ccc(S(=O)(=O)c2ccc(NC(=O)c3cc4ccccc4c(N=NC4=CC=[C+]C=C4)c3O)cc2)cc1)C1=Cc2ccccc2C(N=NC2=CC=C=CC2)C1=O. The van der Waals surface area contributed by atoms with E-state index < -0.39 is 33.5 Å². The minimum absolute atomic E-state index is 0.0464. The Kier molecular flexibility index (Phi) is 10.5. The summed E-state index contributed by atoms with van der Waals surface area (Å²) >= 11 is 0. The zero-order valence-corrected chi connectivity index (χ0v) is 31.7. The van der Waals surface area contributed by atoms with Crippen molar-refractivity contribution in [3.05, 3.63) is 191 Å². The number of Topliss-reactive ketones (excluding diaryl/α,β-unsaturated/α-hetero) is 1. The number of rotatable bonds is 10. The van der Waals surface area contributed by atoms with Gasteiger partial charge < -0.3 is 15.7 Å². The lowest BCUT2D eigenvalue weighted by Crippen LogP contribution is -2.27. The van der Waals surface area contributed by atoms with Crippen molar-refractivity contribution >= 4 is 61.3 Å². The number of carbonyl (C=O) groups excluding carboxylic acids is 3. The highest BCUT2D eigenvalue weighted by molar-refractivity contribution is 7.91. The highest BCUT2D eigenvalue weighted by Gasteiger charge is 2.33. The Labute approximate surface area is 338 Å². The molecular weight excluding hydrogens is 765 g/mol. The van der Waals surface area contributed by atoms with Crippen LogP contribution in [0.3, 0.4) is 0 Å². The van der Waals surface area contributed by atoms with Crippen molar-refractivity contribution in [1.82, 2.24) is 0 Å². The molecule has 5 aromatic rings. The van der Waals surface area contributed by atoms with Crippen molar-refractivity contribution < 1.29 is 27.9 Å². The zero-order chi connectivity index (χ0) is 40.9. The maximum atomic E-state index is 13.6. The third-order valence-electron chi connectivity index (χ3n) is 9.50. The fourth-order valence-corrected chi connectivity index (χ4v) is 7.72. The van der Waals surface area contributed by atoms with Gasteiger partial charge in [0.25, 0.3) is 11.8 Å². The summed E-state index contributed by atoms with van der Waals surface area (Å²) in [7, 11) is -4.02. The standard InChI is InChI=1S/C46H30N6O6S/c53-43-39(27-29-11-7-9-17-37(29)41(43)51-49-33-13-3-1-4-14-33)45(55)47-31-19-23-35(24-20-31)59(57,58)36-25-21-32(22-26-36)48-46(56)40-28-30-12-8-10-18-38(30)42(44(40)54)52-50-34-15-5-2-6-16-34/h3-15,17-28,42H,16H2,(H2-,47,48,49,53,55,56)/p+1. The topological polar surface area (TPSA) is 179 Å². The fourth-order valence-electron chi connectivity index (χ4n) is 6.46. The largest absolute Gasteiger partial charge is 0.505 e. The lowest BCUT2D eigenvalue weighted by molar-refractivity contribution is -0.121. The molecular formula is C46H31N6O6S+. The van der Waals surface area contributed by atoms with Crippen LogP contribution >= 0.6 is 0 Å². The Bertz CT molecular complexity index is 2970. The molecule has 0 heterocycles. The molecule has 1 atom stereocenters. The number of hydrogen-bond acceptors (Lipinski definition) is 10. The molecule has 8 rings (SSSR count). The van der Waals surface area contributed by atoms with Crippen molar-refractivity contribution in [3.63, 3.8) is 0 Å². The number of phenolic OH excluding ortho intramolecular Hbond substituents is 1. The number of hydrogen-bond donors (Lipinski definition) is 3. The Morgan fingerprint density at radius 2 is 1.51 bits per heavy atom. The normalized spacial score (nSPS) is 15.8. The summed E-state index contributed by atoms with van der Waals surface area (Å²) < 4.78 is 27.2. The molecule has 5 aromatic carbocycles. The van der Waals surface area contributed by atoms with Crippen LogP contribution in [-0.2, 0) is 19.4 Å². The summed E-state index contributed by atoms with van der Waals surface area (Å²) in [6, 6.07) is 25.9. The van der Waals surface area contributed by atoms with Gasteiger partial charge in [0, 0.05) is 29.3 Å². The van der Waals surface area contributed by atoms with Crippen molar-refractivity contribution in [3.8, 4) is 5.75 Å². The first-order valence-electron chi connectivity index (χ1n) is 18.2. The monoisotopic (exact) mass is 795 g/mol. The second-order valence-electron chi connectivity index (χ2n) is 13.3. The van der Waals surface area contributed by atoms with Gasteiger partial charge in [0.05, 0.1) is 38.8 Å². The number of fused-ring (bicyclic) bond motifs is 2. The summed E-state index contributed by atoms with van der Waals surface area (Å²) in [5.74, 6) is -2.21. The van der Waals surface area contributed by atoms with Crippen molar-refractivity contribution in [2.24, 2.45) is 20.5 Å². The number of allylic oxidation sites excluding steroid dienone is 7. The smallest absolute Gasteiger partial charge is 0.259 e. The molecule has 59 heavy (non-hydrogen) atoms. The molecule has 0 fully saturated rings. The molecule has 0 radical (unpaired) electrons. The summed E-state index contributed by atoms with van der Waals surface area (Å²) in [4.78, 5) is 40.4. The van der Waals surface area contributed by atoms with E-state index >= 15 is 0 Å². The van der Waals surface area contributed by atoms with Crippen LogP contribution in [0.2, 0.25) is 0 Å². The second kappa shape index (κ2) is 16.3. The third kappa shape index (κ3) is 8.02. The lowest BCUT2D eigenvalue weighted by atomic mass is 9.87. The van der Waals surface area contributed by atoms with Gasteiger partial charge >= 0.3 is 0 Å². The number of phenols is 1.